The van der Waals surface area contributed by atoms with Gasteiger partial charge in [0.2, 0.25) is 5.91 Å². The molecule has 0 unspecified atom stereocenters. The van der Waals surface area contributed by atoms with E-state index < -0.39 is 0 Å². The van der Waals surface area contributed by atoms with Crippen molar-refractivity contribution < 1.29 is 4.79 Å². The SMILES string of the molecule is Cc1cc(C)n(CCC(=O)N[C@@H]2CCc3nccn3C2)n1. The van der Waals surface area contributed by atoms with Gasteiger partial charge in [0.15, 0.2) is 0 Å². The molecule has 21 heavy (non-hydrogen) atoms. The molecule has 0 bridgehead atoms. The second kappa shape index (κ2) is 5.71. The highest BCUT2D eigenvalue weighted by molar-refractivity contribution is 5.76. The molecule has 0 aromatic carbocycles. The van der Waals surface area contributed by atoms with Crippen LogP contribution in [0, 0.1) is 13.8 Å². The molecule has 1 atom stereocenters. The summed E-state index contributed by atoms with van der Waals surface area (Å²) in [4.78, 5) is 16.4. The maximum absolute atomic E-state index is 12.1. The zero-order chi connectivity index (χ0) is 14.8. The Hall–Kier alpha value is -2.11. The van der Waals surface area contributed by atoms with Gasteiger partial charge in [-0.25, -0.2) is 4.98 Å². The quantitative estimate of drug-likeness (QED) is 0.919. The van der Waals surface area contributed by atoms with Gasteiger partial charge in [-0.2, -0.15) is 5.10 Å². The lowest BCUT2D eigenvalue weighted by molar-refractivity contribution is -0.122. The van der Waals surface area contributed by atoms with Crippen molar-refractivity contribution in [3.05, 3.63) is 35.7 Å². The number of imidazole rings is 1. The minimum atomic E-state index is 0.0936. The minimum absolute atomic E-state index is 0.0936. The molecule has 2 aromatic rings. The Morgan fingerprint density at radius 1 is 1.48 bits per heavy atom. The highest BCUT2D eigenvalue weighted by Gasteiger charge is 2.20. The van der Waals surface area contributed by atoms with Gasteiger partial charge in [-0.1, -0.05) is 0 Å². The van der Waals surface area contributed by atoms with E-state index in [-0.39, 0.29) is 11.9 Å². The Bertz CT molecular complexity index is 642. The van der Waals surface area contributed by atoms with E-state index >= 15 is 0 Å². The third-order valence-electron chi connectivity index (χ3n) is 3.95. The number of carbonyl (C=O) groups excluding carboxylic acids is 1. The van der Waals surface area contributed by atoms with Crippen LogP contribution in [0.15, 0.2) is 18.5 Å². The van der Waals surface area contributed by atoms with Crippen LogP contribution in [0.3, 0.4) is 0 Å². The molecule has 1 aliphatic rings. The number of carbonyl (C=O) groups is 1. The van der Waals surface area contributed by atoms with Gasteiger partial charge < -0.3 is 9.88 Å². The fraction of sp³-hybridized carbons (Fsp3) is 0.533. The Morgan fingerprint density at radius 2 is 2.33 bits per heavy atom. The smallest absolute Gasteiger partial charge is 0.222 e. The normalized spacial score (nSPS) is 17.5. The summed E-state index contributed by atoms with van der Waals surface area (Å²) in [5, 5.41) is 7.49. The van der Waals surface area contributed by atoms with Gasteiger partial charge in [-0.3, -0.25) is 9.48 Å². The second-order valence-corrected chi connectivity index (χ2v) is 5.70. The number of aromatic nitrogens is 4. The molecule has 0 aliphatic carbocycles. The van der Waals surface area contributed by atoms with E-state index in [1.54, 1.807) is 0 Å². The molecule has 1 N–H and O–H groups in total. The number of hydrogen-bond donors (Lipinski definition) is 1. The zero-order valence-electron chi connectivity index (χ0n) is 12.5. The van der Waals surface area contributed by atoms with Crippen molar-refractivity contribution in [2.24, 2.45) is 0 Å². The predicted molar refractivity (Wildman–Crippen MR) is 78.8 cm³/mol. The van der Waals surface area contributed by atoms with Crippen LogP contribution in [0.1, 0.15) is 30.1 Å². The molecule has 1 aliphatic heterocycles. The first kappa shape index (κ1) is 13.9. The molecule has 3 rings (SSSR count). The average Bonchev–Trinajstić information content (AvgIpc) is 3.02. The monoisotopic (exact) mass is 287 g/mol. The first-order chi connectivity index (χ1) is 10.1. The topological polar surface area (TPSA) is 64.7 Å². The molecule has 0 saturated heterocycles. The third kappa shape index (κ3) is 3.15. The van der Waals surface area contributed by atoms with E-state index in [2.05, 4.69) is 20.0 Å². The van der Waals surface area contributed by atoms with Gasteiger partial charge in [-0.05, 0) is 26.3 Å². The summed E-state index contributed by atoms with van der Waals surface area (Å²) >= 11 is 0. The lowest BCUT2D eigenvalue weighted by Crippen LogP contribution is -2.41. The maximum Gasteiger partial charge on any atom is 0.222 e. The summed E-state index contributed by atoms with van der Waals surface area (Å²) in [6, 6.07) is 2.24. The molecule has 0 spiro atoms. The van der Waals surface area contributed by atoms with Crippen LogP contribution in [0.5, 0.6) is 0 Å². The zero-order valence-corrected chi connectivity index (χ0v) is 12.5. The summed E-state index contributed by atoms with van der Waals surface area (Å²) in [5.74, 6) is 1.21. The molecule has 1 amide bonds. The van der Waals surface area contributed by atoms with Crippen molar-refractivity contribution >= 4 is 5.91 Å². The van der Waals surface area contributed by atoms with Gasteiger partial charge in [0.05, 0.1) is 5.69 Å². The molecule has 112 valence electrons. The average molecular weight is 287 g/mol. The summed E-state index contributed by atoms with van der Waals surface area (Å²) in [7, 11) is 0. The Kier molecular flexibility index (Phi) is 3.77. The van der Waals surface area contributed by atoms with Crippen LogP contribution >= 0.6 is 0 Å². The van der Waals surface area contributed by atoms with Gasteiger partial charge in [0, 0.05) is 50.1 Å². The fourth-order valence-electron chi connectivity index (χ4n) is 2.89. The highest BCUT2D eigenvalue weighted by Crippen LogP contribution is 2.13. The number of fused-ring (bicyclic) bond motifs is 1. The lowest BCUT2D eigenvalue weighted by atomic mass is 10.1. The third-order valence-corrected chi connectivity index (χ3v) is 3.95. The van der Waals surface area contributed by atoms with E-state index in [0.29, 0.717) is 13.0 Å². The number of amides is 1. The minimum Gasteiger partial charge on any atom is -0.352 e. The number of hydrogen-bond acceptors (Lipinski definition) is 3. The van der Waals surface area contributed by atoms with E-state index in [4.69, 9.17) is 0 Å². The molecule has 6 heteroatoms. The second-order valence-electron chi connectivity index (χ2n) is 5.70. The number of aryl methyl sites for hydroxylation is 4. The largest absolute Gasteiger partial charge is 0.352 e. The van der Waals surface area contributed by atoms with Crippen LogP contribution in [-0.4, -0.2) is 31.3 Å². The van der Waals surface area contributed by atoms with Crippen LogP contribution in [0.25, 0.3) is 0 Å². The fourth-order valence-corrected chi connectivity index (χ4v) is 2.89. The van der Waals surface area contributed by atoms with Gasteiger partial charge in [-0.15, -0.1) is 0 Å². The Balaban J connectivity index is 1.50. The van der Waals surface area contributed by atoms with Crippen molar-refractivity contribution in [1.29, 1.82) is 0 Å². The molecule has 0 radical (unpaired) electrons. The number of nitrogens with zero attached hydrogens (tertiary/aromatic N) is 4. The Morgan fingerprint density at radius 3 is 3.10 bits per heavy atom. The molecule has 0 fully saturated rings. The van der Waals surface area contributed by atoms with E-state index in [1.165, 1.54) is 0 Å². The van der Waals surface area contributed by atoms with E-state index in [9.17, 15) is 4.79 Å². The van der Waals surface area contributed by atoms with Crippen LogP contribution < -0.4 is 5.32 Å². The molecule has 3 heterocycles. The van der Waals surface area contributed by atoms with Crippen LogP contribution in [-0.2, 0) is 24.3 Å². The van der Waals surface area contributed by atoms with Crippen LogP contribution in [0.2, 0.25) is 0 Å². The van der Waals surface area contributed by atoms with E-state index in [1.807, 2.05) is 37.0 Å². The first-order valence-electron chi connectivity index (χ1n) is 7.42. The van der Waals surface area contributed by atoms with Crippen molar-refractivity contribution in [2.45, 2.75) is 52.2 Å². The molecular formula is C15H21N5O. The predicted octanol–water partition coefficient (Wildman–Crippen LogP) is 1.22. The lowest BCUT2D eigenvalue weighted by Gasteiger charge is -2.24. The standard InChI is InChI=1S/C15H21N5O/c1-11-9-12(2)20(18-11)7-5-15(21)17-13-3-4-14-16-6-8-19(14)10-13/h6,8-9,13H,3-5,7,10H2,1-2H3,(H,17,21)/t13-/m1/s1. The number of rotatable bonds is 4. The van der Waals surface area contributed by atoms with Crippen molar-refractivity contribution in [1.82, 2.24) is 24.6 Å². The van der Waals surface area contributed by atoms with Crippen LogP contribution in [0.4, 0.5) is 0 Å². The first-order valence-corrected chi connectivity index (χ1v) is 7.42. The van der Waals surface area contributed by atoms with E-state index in [0.717, 1.165) is 36.6 Å². The van der Waals surface area contributed by atoms with Gasteiger partial charge >= 0.3 is 0 Å². The molecule has 0 saturated carbocycles. The Labute approximate surface area is 124 Å². The molecule has 2 aromatic heterocycles. The molecule has 6 nitrogen and oxygen atoms in total. The van der Waals surface area contributed by atoms with Gasteiger partial charge in [0.25, 0.3) is 0 Å². The van der Waals surface area contributed by atoms with Crippen molar-refractivity contribution in [3.63, 3.8) is 0 Å². The van der Waals surface area contributed by atoms with Crippen molar-refractivity contribution in [3.8, 4) is 0 Å². The van der Waals surface area contributed by atoms with Gasteiger partial charge in [0.1, 0.15) is 5.82 Å². The maximum atomic E-state index is 12.1. The summed E-state index contributed by atoms with van der Waals surface area (Å²) in [6.45, 7) is 5.43. The summed E-state index contributed by atoms with van der Waals surface area (Å²) in [6.07, 6.45) is 6.15. The highest BCUT2D eigenvalue weighted by atomic mass is 16.1. The summed E-state index contributed by atoms with van der Waals surface area (Å²) < 4.78 is 4.01. The molecular weight excluding hydrogens is 266 g/mol. The number of nitrogens with one attached hydrogen (secondary N) is 1. The summed E-state index contributed by atoms with van der Waals surface area (Å²) in [5.41, 5.74) is 2.09. The van der Waals surface area contributed by atoms with Crippen molar-refractivity contribution in [2.75, 3.05) is 0 Å².